The second kappa shape index (κ2) is 3.97. The molecule has 2 heteroatoms. The highest BCUT2D eigenvalue weighted by Gasteiger charge is 2.29. The Morgan fingerprint density at radius 3 is 1.85 bits per heavy atom. The van der Waals surface area contributed by atoms with Gasteiger partial charge in [0, 0.05) is 32.0 Å². The van der Waals surface area contributed by atoms with Crippen LogP contribution in [0.15, 0.2) is 0 Å². The molecule has 0 saturated carbocycles. The minimum atomic E-state index is 0.730. The lowest BCUT2D eigenvalue weighted by atomic mass is 10.0. The molecule has 0 aromatic rings. The van der Waals surface area contributed by atoms with E-state index in [1.807, 2.05) is 0 Å². The molecule has 13 heavy (non-hydrogen) atoms. The third-order valence-electron chi connectivity index (χ3n) is 3.32. The van der Waals surface area contributed by atoms with E-state index in [-0.39, 0.29) is 0 Å². The molecular formula is C11H25N2+. The van der Waals surface area contributed by atoms with Crippen molar-refractivity contribution in [1.82, 2.24) is 4.90 Å². The summed E-state index contributed by atoms with van der Waals surface area (Å²) in [5.41, 5.74) is 0. The highest BCUT2D eigenvalue weighted by atomic mass is 15.3. The molecule has 0 aromatic carbocycles. The predicted octanol–water partition coefficient (Wildman–Crippen LogP) is 1.57. The van der Waals surface area contributed by atoms with Crippen molar-refractivity contribution in [3.05, 3.63) is 0 Å². The summed E-state index contributed by atoms with van der Waals surface area (Å²) in [6.07, 6.45) is 2.73. The Kier molecular flexibility index (Phi) is 3.36. The molecule has 0 amide bonds. The molecule has 0 atom stereocenters. The number of rotatable bonds is 2. The summed E-state index contributed by atoms with van der Waals surface area (Å²) in [6.45, 7) is 7.17. The summed E-state index contributed by atoms with van der Waals surface area (Å²) in [6, 6.07) is 1.60. The smallest absolute Gasteiger partial charge is 0.0908 e. The fourth-order valence-electron chi connectivity index (χ4n) is 2.18. The summed E-state index contributed by atoms with van der Waals surface area (Å²) < 4.78 is 1.13. The fraction of sp³-hybridized carbons (Fsp3) is 1.00. The lowest BCUT2D eigenvalue weighted by Gasteiger charge is -2.41. The molecule has 0 N–H and O–H groups in total. The van der Waals surface area contributed by atoms with Crippen LogP contribution >= 0.6 is 0 Å². The Morgan fingerprint density at radius 1 is 1.08 bits per heavy atom. The number of piperidine rings is 1. The number of nitrogens with zero attached hydrogens (tertiary/aromatic N) is 2. The summed E-state index contributed by atoms with van der Waals surface area (Å²) in [5.74, 6) is 0. The van der Waals surface area contributed by atoms with Crippen LogP contribution in [0.4, 0.5) is 0 Å². The van der Waals surface area contributed by atoms with E-state index in [0.717, 1.165) is 16.6 Å². The molecule has 2 nitrogen and oxygen atoms in total. The highest BCUT2D eigenvalue weighted by Crippen LogP contribution is 2.19. The van der Waals surface area contributed by atoms with Gasteiger partial charge in [-0.3, -0.25) is 0 Å². The molecule has 1 heterocycles. The first-order valence-electron chi connectivity index (χ1n) is 5.46. The zero-order valence-corrected chi connectivity index (χ0v) is 9.88. The minimum absolute atomic E-state index is 0.730. The third-order valence-corrected chi connectivity index (χ3v) is 3.32. The van der Waals surface area contributed by atoms with Crippen molar-refractivity contribution >= 4 is 0 Å². The van der Waals surface area contributed by atoms with Crippen molar-refractivity contribution in [3.63, 3.8) is 0 Å². The van der Waals surface area contributed by atoms with E-state index in [1.54, 1.807) is 0 Å². The third kappa shape index (κ3) is 2.96. The molecule has 0 bridgehead atoms. The van der Waals surface area contributed by atoms with Gasteiger partial charge in [0.1, 0.15) is 0 Å². The molecule has 1 aliphatic heterocycles. The highest BCUT2D eigenvalue weighted by molar-refractivity contribution is 4.74. The lowest BCUT2D eigenvalue weighted by molar-refractivity contribution is -0.897. The Hall–Kier alpha value is -0.0800. The van der Waals surface area contributed by atoms with Crippen molar-refractivity contribution in [2.24, 2.45) is 0 Å². The molecule has 0 unspecified atom stereocenters. The van der Waals surface area contributed by atoms with Crippen LogP contribution in [0.1, 0.15) is 26.7 Å². The van der Waals surface area contributed by atoms with Gasteiger partial charge in [-0.1, -0.05) is 0 Å². The van der Waals surface area contributed by atoms with E-state index in [0.29, 0.717) is 0 Å². The van der Waals surface area contributed by atoms with Crippen LogP contribution in [0.5, 0.6) is 0 Å². The Labute approximate surface area is 83.1 Å². The zero-order chi connectivity index (χ0) is 10.1. The van der Waals surface area contributed by atoms with E-state index >= 15 is 0 Å². The molecule has 0 radical (unpaired) electrons. The van der Waals surface area contributed by atoms with Crippen LogP contribution in [-0.2, 0) is 0 Å². The van der Waals surface area contributed by atoms with Crippen LogP contribution in [0.3, 0.4) is 0 Å². The minimum Gasteiger partial charge on any atom is -0.328 e. The first kappa shape index (κ1) is 11.0. The van der Waals surface area contributed by atoms with Crippen LogP contribution in [-0.4, -0.2) is 55.7 Å². The fourth-order valence-corrected chi connectivity index (χ4v) is 2.18. The van der Waals surface area contributed by atoms with Crippen molar-refractivity contribution in [2.75, 3.05) is 34.2 Å². The molecule has 1 rings (SSSR count). The summed E-state index contributed by atoms with van der Waals surface area (Å²) in [4.78, 5) is 2.59. The topological polar surface area (TPSA) is 3.24 Å². The molecule has 0 aromatic heterocycles. The molecule has 1 saturated heterocycles. The summed E-state index contributed by atoms with van der Waals surface area (Å²) in [7, 11) is 6.95. The molecule has 1 aliphatic rings. The number of hydrogen-bond donors (Lipinski definition) is 0. The van der Waals surface area contributed by atoms with Gasteiger partial charge in [-0.25, -0.2) is 0 Å². The van der Waals surface area contributed by atoms with E-state index < -0.39 is 0 Å². The first-order valence-corrected chi connectivity index (χ1v) is 5.46. The van der Waals surface area contributed by atoms with Crippen molar-refractivity contribution < 1.29 is 4.48 Å². The van der Waals surface area contributed by atoms with Crippen molar-refractivity contribution in [2.45, 2.75) is 38.8 Å². The molecule has 1 fully saturated rings. The second-order valence-corrected chi connectivity index (χ2v) is 5.48. The van der Waals surface area contributed by atoms with Gasteiger partial charge >= 0.3 is 0 Å². The second-order valence-electron chi connectivity index (χ2n) is 5.48. The first-order chi connectivity index (χ1) is 5.91. The molecule has 0 spiro atoms. The van der Waals surface area contributed by atoms with E-state index in [9.17, 15) is 0 Å². The van der Waals surface area contributed by atoms with Crippen LogP contribution in [0.25, 0.3) is 0 Å². The lowest BCUT2D eigenvalue weighted by Crippen LogP contribution is -2.52. The SMILES string of the molecule is CC(C)N1CCC([N+](C)(C)C)CC1. The van der Waals surface area contributed by atoms with Crippen molar-refractivity contribution in [3.8, 4) is 0 Å². The van der Waals surface area contributed by atoms with E-state index in [2.05, 4.69) is 39.9 Å². The van der Waals surface area contributed by atoms with Crippen LogP contribution in [0.2, 0.25) is 0 Å². The maximum atomic E-state index is 2.59. The van der Waals surface area contributed by atoms with Gasteiger partial charge in [-0.2, -0.15) is 0 Å². The monoisotopic (exact) mass is 185 g/mol. The van der Waals surface area contributed by atoms with Gasteiger partial charge in [0.05, 0.1) is 27.2 Å². The van der Waals surface area contributed by atoms with Gasteiger partial charge < -0.3 is 9.38 Å². The maximum Gasteiger partial charge on any atom is 0.0908 e. The van der Waals surface area contributed by atoms with Gasteiger partial charge in [0.25, 0.3) is 0 Å². The maximum absolute atomic E-state index is 2.59. The van der Waals surface area contributed by atoms with Crippen molar-refractivity contribution in [1.29, 1.82) is 0 Å². The molecule has 78 valence electrons. The summed E-state index contributed by atoms with van der Waals surface area (Å²) in [5, 5.41) is 0. The van der Waals surface area contributed by atoms with E-state index in [1.165, 1.54) is 25.9 Å². The average molecular weight is 185 g/mol. The van der Waals surface area contributed by atoms with Gasteiger partial charge in [0.2, 0.25) is 0 Å². The largest absolute Gasteiger partial charge is 0.328 e. The normalized spacial score (nSPS) is 22.6. The van der Waals surface area contributed by atoms with Gasteiger partial charge in [-0.15, -0.1) is 0 Å². The Bertz CT molecular complexity index is 150. The van der Waals surface area contributed by atoms with Gasteiger partial charge in [-0.05, 0) is 13.8 Å². The predicted molar refractivity (Wildman–Crippen MR) is 57.8 cm³/mol. The average Bonchev–Trinajstić information content (AvgIpc) is 2.03. The Balaban J connectivity index is 2.39. The molecule has 0 aliphatic carbocycles. The Morgan fingerprint density at radius 2 is 1.54 bits per heavy atom. The van der Waals surface area contributed by atoms with Gasteiger partial charge in [0.15, 0.2) is 0 Å². The molecular weight excluding hydrogens is 160 g/mol. The number of quaternary nitrogens is 1. The number of hydrogen-bond acceptors (Lipinski definition) is 1. The van der Waals surface area contributed by atoms with Crippen LogP contribution in [0, 0.1) is 0 Å². The zero-order valence-electron chi connectivity index (χ0n) is 9.88. The quantitative estimate of drug-likeness (QED) is 0.590. The van der Waals surface area contributed by atoms with E-state index in [4.69, 9.17) is 0 Å². The standard InChI is InChI=1S/C11H25N2/c1-10(2)12-8-6-11(7-9-12)13(3,4)5/h10-11H,6-9H2,1-5H3/q+1. The number of likely N-dealkylation sites (tertiary alicyclic amines) is 1. The van der Waals surface area contributed by atoms with Crippen LogP contribution < -0.4 is 0 Å². The summed E-state index contributed by atoms with van der Waals surface area (Å²) >= 11 is 0.